The van der Waals surface area contributed by atoms with Crippen LogP contribution in [0.1, 0.15) is 11.3 Å². The average molecular weight is 246 g/mol. The van der Waals surface area contributed by atoms with E-state index in [-0.39, 0.29) is 5.69 Å². The molecular weight excluding hydrogens is 232 g/mol. The van der Waals surface area contributed by atoms with Crippen LogP contribution in [0.3, 0.4) is 0 Å². The minimum atomic E-state index is -0.392. The van der Waals surface area contributed by atoms with Gasteiger partial charge in [-0.2, -0.15) is 0 Å². The summed E-state index contributed by atoms with van der Waals surface area (Å²) in [5.41, 5.74) is 1.87. The van der Waals surface area contributed by atoms with Gasteiger partial charge in [-0.05, 0) is 24.6 Å². The maximum absolute atomic E-state index is 10.7. The summed E-state index contributed by atoms with van der Waals surface area (Å²) < 4.78 is 5.22. The first kappa shape index (κ1) is 12.2. The Kier molecular flexibility index (Phi) is 3.62. The van der Waals surface area contributed by atoms with Gasteiger partial charge in [0.1, 0.15) is 5.76 Å². The summed E-state index contributed by atoms with van der Waals surface area (Å²) in [6.07, 6.45) is 2.38. The molecule has 2 aromatic rings. The highest BCUT2D eigenvalue weighted by Crippen LogP contribution is 2.21. The van der Waals surface area contributed by atoms with Crippen LogP contribution in [0.15, 0.2) is 41.0 Å². The molecule has 2 rings (SSSR count). The van der Waals surface area contributed by atoms with Gasteiger partial charge in [0.25, 0.3) is 5.69 Å². The lowest BCUT2D eigenvalue weighted by atomic mass is 10.2. The lowest BCUT2D eigenvalue weighted by Crippen LogP contribution is -2.06. The Hall–Kier alpha value is -2.30. The molecule has 5 heteroatoms. The molecule has 18 heavy (non-hydrogen) atoms. The Bertz CT molecular complexity index is 535. The number of aryl methyl sites for hydroxylation is 1. The number of non-ortho nitro benzene ring substituents is 1. The number of nitro benzene ring substituents is 1. The van der Waals surface area contributed by atoms with Crippen LogP contribution >= 0.6 is 0 Å². The molecule has 0 spiro atoms. The summed E-state index contributed by atoms with van der Waals surface area (Å²) in [4.78, 5) is 10.3. The van der Waals surface area contributed by atoms with Crippen LogP contribution in [0.25, 0.3) is 0 Å². The molecule has 1 heterocycles. The van der Waals surface area contributed by atoms with Crippen molar-refractivity contribution in [3.63, 3.8) is 0 Å². The van der Waals surface area contributed by atoms with E-state index in [0.29, 0.717) is 6.54 Å². The number of nitrogens with zero attached hydrogens (tertiary/aromatic N) is 1. The second-order valence-electron chi connectivity index (χ2n) is 4.01. The minimum absolute atomic E-state index is 0.0982. The van der Waals surface area contributed by atoms with E-state index in [1.807, 2.05) is 19.1 Å². The van der Waals surface area contributed by atoms with Crippen LogP contribution in [-0.4, -0.2) is 11.5 Å². The summed E-state index contributed by atoms with van der Waals surface area (Å²) in [5.74, 6) is 0.894. The molecule has 0 bridgehead atoms. The van der Waals surface area contributed by atoms with Crippen molar-refractivity contribution in [3.8, 4) is 0 Å². The smallest absolute Gasteiger partial charge is 0.271 e. The van der Waals surface area contributed by atoms with Gasteiger partial charge in [0, 0.05) is 30.8 Å². The number of hydrogen-bond donors (Lipinski definition) is 1. The third-order valence-corrected chi connectivity index (χ3v) is 2.70. The van der Waals surface area contributed by atoms with Crippen molar-refractivity contribution in [2.45, 2.75) is 13.3 Å². The van der Waals surface area contributed by atoms with Crippen LogP contribution in [0, 0.1) is 17.0 Å². The summed E-state index contributed by atoms with van der Waals surface area (Å²) in [6, 6.07) is 8.55. The number of nitrogens with one attached hydrogen (secondary N) is 1. The maximum atomic E-state index is 10.7. The molecule has 0 saturated heterocycles. The fourth-order valence-electron chi connectivity index (χ4n) is 1.69. The van der Waals surface area contributed by atoms with Gasteiger partial charge in [0.05, 0.1) is 11.2 Å². The van der Waals surface area contributed by atoms with Crippen LogP contribution in [0.2, 0.25) is 0 Å². The van der Waals surface area contributed by atoms with E-state index in [1.165, 1.54) is 6.07 Å². The Morgan fingerprint density at radius 3 is 2.89 bits per heavy atom. The molecule has 0 unspecified atom stereocenters. The van der Waals surface area contributed by atoms with Crippen molar-refractivity contribution in [2.24, 2.45) is 0 Å². The molecule has 0 atom stereocenters. The Morgan fingerprint density at radius 1 is 1.39 bits per heavy atom. The standard InChI is InChI=1S/C13H14N2O3/c1-10-4-5-11(15(16)17)9-13(10)14-7-6-12-3-2-8-18-12/h2-5,8-9,14H,6-7H2,1H3. The van der Waals surface area contributed by atoms with Gasteiger partial charge in [-0.3, -0.25) is 10.1 Å². The Labute approximate surface area is 105 Å². The van der Waals surface area contributed by atoms with Gasteiger partial charge in [-0.25, -0.2) is 0 Å². The molecule has 0 radical (unpaired) electrons. The highest BCUT2D eigenvalue weighted by molar-refractivity contribution is 5.56. The second-order valence-corrected chi connectivity index (χ2v) is 4.01. The van der Waals surface area contributed by atoms with Crippen molar-refractivity contribution in [1.82, 2.24) is 0 Å². The maximum Gasteiger partial charge on any atom is 0.271 e. The summed E-state index contributed by atoms with van der Waals surface area (Å²) in [5, 5.41) is 13.9. The zero-order valence-corrected chi connectivity index (χ0v) is 10.1. The minimum Gasteiger partial charge on any atom is -0.469 e. The number of rotatable bonds is 5. The second kappa shape index (κ2) is 5.35. The summed E-state index contributed by atoms with van der Waals surface area (Å²) in [6.45, 7) is 2.59. The molecule has 0 fully saturated rings. The number of nitro groups is 1. The SMILES string of the molecule is Cc1ccc([N+](=O)[O-])cc1NCCc1ccco1. The zero-order chi connectivity index (χ0) is 13.0. The topological polar surface area (TPSA) is 68.3 Å². The first-order chi connectivity index (χ1) is 8.66. The number of benzene rings is 1. The third kappa shape index (κ3) is 2.88. The van der Waals surface area contributed by atoms with Gasteiger partial charge >= 0.3 is 0 Å². The monoisotopic (exact) mass is 246 g/mol. The lowest BCUT2D eigenvalue weighted by Gasteiger charge is -2.08. The van der Waals surface area contributed by atoms with Crippen LogP contribution < -0.4 is 5.32 Å². The number of anilines is 1. The van der Waals surface area contributed by atoms with Gasteiger partial charge in [0.15, 0.2) is 0 Å². The van der Waals surface area contributed by atoms with E-state index in [0.717, 1.165) is 23.4 Å². The number of hydrogen-bond acceptors (Lipinski definition) is 4. The molecule has 0 aliphatic rings. The molecule has 94 valence electrons. The number of furan rings is 1. The highest BCUT2D eigenvalue weighted by atomic mass is 16.6. The van der Waals surface area contributed by atoms with Crippen LogP contribution in [-0.2, 0) is 6.42 Å². The fourth-order valence-corrected chi connectivity index (χ4v) is 1.69. The van der Waals surface area contributed by atoms with Crippen LogP contribution in [0.4, 0.5) is 11.4 Å². The largest absolute Gasteiger partial charge is 0.469 e. The van der Waals surface area contributed by atoms with Crippen molar-refractivity contribution in [1.29, 1.82) is 0 Å². The van der Waals surface area contributed by atoms with Crippen LogP contribution in [0.5, 0.6) is 0 Å². The summed E-state index contributed by atoms with van der Waals surface area (Å²) in [7, 11) is 0. The molecular formula is C13H14N2O3. The van der Waals surface area contributed by atoms with Gasteiger partial charge < -0.3 is 9.73 Å². The van der Waals surface area contributed by atoms with Gasteiger partial charge in [-0.1, -0.05) is 6.07 Å². The fraction of sp³-hybridized carbons (Fsp3) is 0.231. The molecule has 1 aromatic carbocycles. The summed E-state index contributed by atoms with van der Waals surface area (Å²) >= 11 is 0. The van der Waals surface area contributed by atoms with E-state index in [4.69, 9.17) is 4.42 Å². The van der Waals surface area contributed by atoms with E-state index in [2.05, 4.69) is 5.32 Å². The first-order valence-electron chi connectivity index (χ1n) is 5.68. The van der Waals surface area contributed by atoms with Gasteiger partial charge in [0.2, 0.25) is 0 Å². The van der Waals surface area contributed by atoms with E-state index >= 15 is 0 Å². The molecule has 0 aliphatic heterocycles. The quantitative estimate of drug-likeness (QED) is 0.650. The lowest BCUT2D eigenvalue weighted by molar-refractivity contribution is -0.384. The van der Waals surface area contributed by atoms with Crippen molar-refractivity contribution < 1.29 is 9.34 Å². The average Bonchev–Trinajstić information content (AvgIpc) is 2.84. The van der Waals surface area contributed by atoms with Gasteiger partial charge in [-0.15, -0.1) is 0 Å². The third-order valence-electron chi connectivity index (χ3n) is 2.70. The van der Waals surface area contributed by atoms with Crippen molar-refractivity contribution in [3.05, 3.63) is 58.0 Å². The molecule has 1 N–H and O–H groups in total. The molecule has 5 nitrogen and oxygen atoms in total. The Balaban J connectivity index is 2.00. The van der Waals surface area contributed by atoms with E-state index in [9.17, 15) is 10.1 Å². The zero-order valence-electron chi connectivity index (χ0n) is 10.1. The normalized spacial score (nSPS) is 10.3. The molecule has 1 aromatic heterocycles. The van der Waals surface area contributed by atoms with Crippen molar-refractivity contribution >= 4 is 11.4 Å². The highest BCUT2D eigenvalue weighted by Gasteiger charge is 2.08. The first-order valence-corrected chi connectivity index (χ1v) is 5.68. The van der Waals surface area contributed by atoms with Crippen molar-refractivity contribution in [2.75, 3.05) is 11.9 Å². The molecule has 0 amide bonds. The van der Waals surface area contributed by atoms with E-state index in [1.54, 1.807) is 18.4 Å². The van der Waals surface area contributed by atoms with E-state index < -0.39 is 4.92 Å². The predicted molar refractivity (Wildman–Crippen MR) is 68.7 cm³/mol. The molecule has 0 saturated carbocycles. The predicted octanol–water partition coefficient (Wildman–Crippen LogP) is 3.15. The Morgan fingerprint density at radius 2 is 2.22 bits per heavy atom. The molecule has 0 aliphatic carbocycles.